The Hall–Kier alpha value is -2.77. The highest BCUT2D eigenvalue weighted by molar-refractivity contribution is 5.90. The van der Waals surface area contributed by atoms with Crippen molar-refractivity contribution in [3.63, 3.8) is 0 Å². The molecule has 0 bridgehead atoms. The second-order valence-electron chi connectivity index (χ2n) is 4.75. The number of aliphatic imine (C=N–C) groups is 1. The first-order valence-electron chi connectivity index (χ1n) is 6.42. The second kappa shape index (κ2) is 6.79. The standard InChI is InChI=1S/C14H15F2N5O/c1-20(2)9-17-10-6-18-21(7-10)8-13(22)19-12-5-3-4-11(15)14(12)16/h3-7,9H,8H2,1-2H3,(H,19,22)/b17-9+. The van der Waals surface area contributed by atoms with E-state index in [0.717, 1.165) is 6.07 Å². The van der Waals surface area contributed by atoms with Gasteiger partial charge in [-0.3, -0.25) is 9.48 Å². The number of hydrogen-bond donors (Lipinski definition) is 1. The molecule has 2 rings (SSSR count). The molecular formula is C14H15F2N5O. The molecule has 0 aliphatic rings. The maximum Gasteiger partial charge on any atom is 0.246 e. The van der Waals surface area contributed by atoms with Crippen molar-refractivity contribution in [2.24, 2.45) is 4.99 Å². The van der Waals surface area contributed by atoms with E-state index in [1.54, 1.807) is 17.4 Å². The molecule has 0 aliphatic heterocycles. The highest BCUT2D eigenvalue weighted by Gasteiger charge is 2.11. The van der Waals surface area contributed by atoms with Crippen LogP contribution < -0.4 is 5.32 Å². The Kier molecular flexibility index (Phi) is 4.82. The lowest BCUT2D eigenvalue weighted by Gasteiger charge is -2.06. The summed E-state index contributed by atoms with van der Waals surface area (Å²) in [6.45, 7) is -0.132. The van der Waals surface area contributed by atoms with Crippen molar-refractivity contribution in [2.75, 3.05) is 19.4 Å². The van der Waals surface area contributed by atoms with E-state index in [9.17, 15) is 13.6 Å². The third-order valence-corrected chi connectivity index (χ3v) is 2.59. The molecule has 8 heteroatoms. The summed E-state index contributed by atoms with van der Waals surface area (Å²) < 4.78 is 27.8. The fourth-order valence-electron chi connectivity index (χ4n) is 1.63. The molecule has 0 unspecified atom stereocenters. The first kappa shape index (κ1) is 15.6. The number of halogens is 2. The Bertz CT molecular complexity index is 696. The number of nitrogens with zero attached hydrogens (tertiary/aromatic N) is 4. The summed E-state index contributed by atoms with van der Waals surface area (Å²) in [6, 6.07) is 3.58. The van der Waals surface area contributed by atoms with Crippen LogP contribution in [-0.4, -0.2) is 41.0 Å². The molecule has 1 aromatic carbocycles. The van der Waals surface area contributed by atoms with Gasteiger partial charge in [0.15, 0.2) is 11.6 Å². The van der Waals surface area contributed by atoms with Gasteiger partial charge in [0.2, 0.25) is 5.91 Å². The maximum absolute atomic E-state index is 13.4. The SMILES string of the molecule is CN(C)/C=N/c1cnn(CC(=O)Nc2cccc(F)c2F)c1. The van der Waals surface area contributed by atoms with Gasteiger partial charge in [0.25, 0.3) is 0 Å². The number of benzene rings is 1. The summed E-state index contributed by atoms with van der Waals surface area (Å²) in [6.07, 6.45) is 4.67. The van der Waals surface area contributed by atoms with Crippen molar-refractivity contribution in [3.05, 3.63) is 42.2 Å². The first-order valence-corrected chi connectivity index (χ1v) is 6.42. The van der Waals surface area contributed by atoms with Gasteiger partial charge in [-0.1, -0.05) is 6.07 Å². The monoisotopic (exact) mass is 307 g/mol. The van der Waals surface area contributed by atoms with Crippen LogP contribution in [0, 0.1) is 11.6 Å². The van der Waals surface area contributed by atoms with Crippen LogP contribution in [0.4, 0.5) is 20.2 Å². The molecule has 0 fully saturated rings. The summed E-state index contributed by atoms with van der Waals surface area (Å²) in [4.78, 5) is 17.7. The van der Waals surface area contributed by atoms with Crippen molar-refractivity contribution < 1.29 is 13.6 Å². The molecule has 116 valence electrons. The van der Waals surface area contributed by atoms with E-state index in [0.29, 0.717) is 5.69 Å². The number of hydrogen-bond acceptors (Lipinski definition) is 3. The topological polar surface area (TPSA) is 62.5 Å². The van der Waals surface area contributed by atoms with Crippen molar-refractivity contribution in [1.82, 2.24) is 14.7 Å². The van der Waals surface area contributed by atoms with Crippen LogP contribution in [0.1, 0.15) is 0 Å². The van der Waals surface area contributed by atoms with Crippen LogP contribution >= 0.6 is 0 Å². The fraction of sp³-hybridized carbons (Fsp3) is 0.214. The molecule has 1 aromatic heterocycles. The zero-order valence-corrected chi connectivity index (χ0v) is 12.1. The summed E-state index contributed by atoms with van der Waals surface area (Å²) in [7, 11) is 3.66. The summed E-state index contributed by atoms with van der Waals surface area (Å²) in [5.41, 5.74) is 0.376. The predicted molar refractivity (Wildman–Crippen MR) is 79.1 cm³/mol. The first-order chi connectivity index (χ1) is 10.5. The lowest BCUT2D eigenvalue weighted by atomic mass is 10.3. The lowest BCUT2D eigenvalue weighted by molar-refractivity contribution is -0.116. The molecule has 0 saturated carbocycles. The second-order valence-corrected chi connectivity index (χ2v) is 4.75. The van der Waals surface area contributed by atoms with Crippen molar-refractivity contribution in [1.29, 1.82) is 0 Å². The van der Waals surface area contributed by atoms with E-state index in [-0.39, 0.29) is 12.2 Å². The van der Waals surface area contributed by atoms with Crippen LogP contribution in [0.15, 0.2) is 35.6 Å². The number of nitrogens with one attached hydrogen (secondary N) is 1. The van der Waals surface area contributed by atoms with Crippen molar-refractivity contribution >= 4 is 23.6 Å². The Morgan fingerprint density at radius 1 is 1.45 bits per heavy atom. The quantitative estimate of drug-likeness (QED) is 0.679. The van der Waals surface area contributed by atoms with Gasteiger partial charge in [-0.05, 0) is 12.1 Å². The van der Waals surface area contributed by atoms with Gasteiger partial charge in [0, 0.05) is 14.1 Å². The molecule has 1 heterocycles. The van der Waals surface area contributed by atoms with Crippen LogP contribution in [0.25, 0.3) is 0 Å². The molecule has 0 spiro atoms. The van der Waals surface area contributed by atoms with Crippen molar-refractivity contribution in [3.8, 4) is 0 Å². The number of rotatable bonds is 5. The summed E-state index contributed by atoms with van der Waals surface area (Å²) in [5.74, 6) is -2.62. The normalized spacial score (nSPS) is 10.9. The molecule has 0 aliphatic carbocycles. The van der Waals surface area contributed by atoms with Crippen LogP contribution in [-0.2, 0) is 11.3 Å². The fourth-order valence-corrected chi connectivity index (χ4v) is 1.63. The van der Waals surface area contributed by atoms with E-state index in [4.69, 9.17) is 0 Å². The van der Waals surface area contributed by atoms with Gasteiger partial charge in [0.05, 0.1) is 24.4 Å². The summed E-state index contributed by atoms with van der Waals surface area (Å²) >= 11 is 0. The third kappa shape index (κ3) is 4.11. The number of anilines is 1. The smallest absolute Gasteiger partial charge is 0.246 e. The molecule has 1 N–H and O–H groups in total. The van der Waals surface area contributed by atoms with E-state index in [2.05, 4.69) is 15.4 Å². The molecule has 2 aromatic rings. The van der Waals surface area contributed by atoms with E-state index < -0.39 is 17.5 Å². The number of carbonyl (C=O) groups is 1. The number of amides is 1. The van der Waals surface area contributed by atoms with Gasteiger partial charge in [0.1, 0.15) is 12.2 Å². The van der Waals surface area contributed by atoms with E-state index in [1.807, 2.05) is 14.1 Å². The van der Waals surface area contributed by atoms with E-state index in [1.165, 1.54) is 23.0 Å². The molecule has 6 nitrogen and oxygen atoms in total. The van der Waals surface area contributed by atoms with Crippen molar-refractivity contribution in [2.45, 2.75) is 6.54 Å². The molecule has 0 saturated heterocycles. The highest BCUT2D eigenvalue weighted by Crippen LogP contribution is 2.16. The largest absolute Gasteiger partial charge is 0.369 e. The minimum absolute atomic E-state index is 0.132. The molecule has 22 heavy (non-hydrogen) atoms. The average molecular weight is 307 g/mol. The molecule has 0 radical (unpaired) electrons. The van der Waals surface area contributed by atoms with Crippen LogP contribution in [0.5, 0.6) is 0 Å². The van der Waals surface area contributed by atoms with Gasteiger partial charge in [-0.15, -0.1) is 0 Å². The van der Waals surface area contributed by atoms with Gasteiger partial charge < -0.3 is 10.2 Å². The maximum atomic E-state index is 13.4. The number of aromatic nitrogens is 2. The Balaban J connectivity index is 1.99. The third-order valence-electron chi connectivity index (χ3n) is 2.59. The molecule has 0 atom stereocenters. The Morgan fingerprint density at radius 2 is 2.23 bits per heavy atom. The summed E-state index contributed by atoms with van der Waals surface area (Å²) in [5, 5.41) is 6.27. The zero-order chi connectivity index (χ0) is 16.1. The van der Waals surface area contributed by atoms with Gasteiger partial charge >= 0.3 is 0 Å². The van der Waals surface area contributed by atoms with Crippen LogP contribution in [0.3, 0.4) is 0 Å². The Labute approximate surface area is 126 Å². The van der Waals surface area contributed by atoms with E-state index >= 15 is 0 Å². The molecular weight excluding hydrogens is 292 g/mol. The van der Waals surface area contributed by atoms with Gasteiger partial charge in [-0.2, -0.15) is 5.10 Å². The minimum Gasteiger partial charge on any atom is -0.369 e. The van der Waals surface area contributed by atoms with Gasteiger partial charge in [-0.25, -0.2) is 13.8 Å². The average Bonchev–Trinajstić information content (AvgIpc) is 2.89. The molecule has 1 amide bonds. The lowest BCUT2D eigenvalue weighted by Crippen LogP contribution is -2.19. The van der Waals surface area contributed by atoms with Crippen LogP contribution in [0.2, 0.25) is 0 Å². The Morgan fingerprint density at radius 3 is 2.95 bits per heavy atom. The highest BCUT2D eigenvalue weighted by atomic mass is 19.2. The number of carbonyl (C=O) groups excluding carboxylic acids is 1. The minimum atomic E-state index is -1.09. The predicted octanol–water partition coefficient (Wildman–Crippen LogP) is 2.02. The zero-order valence-electron chi connectivity index (χ0n) is 12.1.